The number of nitrogens with zero attached hydrogens (tertiary/aromatic N) is 1. The van der Waals surface area contributed by atoms with Gasteiger partial charge in [0.15, 0.2) is 5.11 Å². The Labute approximate surface area is 144 Å². The fourth-order valence-corrected chi connectivity index (χ4v) is 2.11. The molecule has 8 heteroatoms. The summed E-state index contributed by atoms with van der Waals surface area (Å²) < 4.78 is 9.37. The Hall–Kier alpha value is -3.00. The predicted molar refractivity (Wildman–Crippen MR) is 93.2 cm³/mol. The number of methoxy groups -OCH3 is 2. The number of aromatic nitrogens is 1. The number of esters is 2. The largest absolute Gasteiger partial charge is 0.465 e. The second kappa shape index (κ2) is 8.02. The third-order valence-electron chi connectivity index (χ3n) is 2.94. The van der Waals surface area contributed by atoms with E-state index in [1.807, 2.05) is 6.07 Å². The van der Waals surface area contributed by atoms with Crippen molar-refractivity contribution in [2.75, 3.05) is 24.9 Å². The first kappa shape index (κ1) is 17.4. The minimum atomic E-state index is -0.576. The maximum Gasteiger partial charge on any atom is 0.337 e. The number of thiocarbonyl (C=S) groups is 1. The van der Waals surface area contributed by atoms with Gasteiger partial charge in [-0.2, -0.15) is 0 Å². The van der Waals surface area contributed by atoms with Crippen molar-refractivity contribution in [2.24, 2.45) is 0 Å². The van der Waals surface area contributed by atoms with Crippen LogP contribution in [0.3, 0.4) is 0 Å². The summed E-state index contributed by atoms with van der Waals surface area (Å²) in [7, 11) is 2.51. The van der Waals surface area contributed by atoms with Crippen LogP contribution in [0.1, 0.15) is 20.7 Å². The smallest absolute Gasteiger partial charge is 0.337 e. The lowest BCUT2D eigenvalue weighted by Crippen LogP contribution is -2.20. The molecule has 0 unspecified atom stereocenters. The zero-order valence-corrected chi connectivity index (χ0v) is 13.8. The summed E-state index contributed by atoms with van der Waals surface area (Å²) in [6.45, 7) is 0. The molecule has 24 heavy (non-hydrogen) atoms. The molecule has 0 saturated carbocycles. The van der Waals surface area contributed by atoms with Gasteiger partial charge >= 0.3 is 11.9 Å². The Morgan fingerprint density at radius 1 is 1.00 bits per heavy atom. The lowest BCUT2D eigenvalue weighted by atomic mass is 10.1. The van der Waals surface area contributed by atoms with E-state index in [0.717, 1.165) is 0 Å². The molecular formula is C16H15N3O4S. The predicted octanol–water partition coefficient (Wildman–Crippen LogP) is 2.46. The Morgan fingerprint density at radius 3 is 2.12 bits per heavy atom. The molecule has 0 radical (unpaired) electrons. The molecule has 7 nitrogen and oxygen atoms in total. The highest BCUT2D eigenvalue weighted by Gasteiger charge is 2.14. The van der Waals surface area contributed by atoms with Crippen molar-refractivity contribution in [1.29, 1.82) is 0 Å². The monoisotopic (exact) mass is 345 g/mol. The highest BCUT2D eigenvalue weighted by atomic mass is 32.1. The van der Waals surface area contributed by atoms with Gasteiger partial charge in [0.25, 0.3) is 0 Å². The number of rotatable bonds is 4. The zero-order valence-electron chi connectivity index (χ0n) is 13.0. The minimum absolute atomic E-state index is 0.198. The Kier molecular flexibility index (Phi) is 5.80. The molecule has 1 aromatic carbocycles. The topological polar surface area (TPSA) is 89.5 Å². The minimum Gasteiger partial charge on any atom is -0.465 e. The summed E-state index contributed by atoms with van der Waals surface area (Å²) in [6.07, 6.45) is 1.62. The number of hydrogen-bond acceptors (Lipinski definition) is 6. The number of carbonyl (C=O) groups is 2. The van der Waals surface area contributed by atoms with E-state index in [4.69, 9.17) is 12.2 Å². The van der Waals surface area contributed by atoms with Gasteiger partial charge in [-0.25, -0.2) is 14.6 Å². The van der Waals surface area contributed by atoms with E-state index in [1.54, 1.807) is 18.3 Å². The molecule has 124 valence electrons. The van der Waals surface area contributed by atoms with Gasteiger partial charge in [-0.1, -0.05) is 6.07 Å². The number of nitrogens with one attached hydrogen (secondary N) is 2. The molecular weight excluding hydrogens is 330 g/mol. The third kappa shape index (κ3) is 4.50. The van der Waals surface area contributed by atoms with Crippen LogP contribution in [0, 0.1) is 0 Å². The van der Waals surface area contributed by atoms with Gasteiger partial charge in [0, 0.05) is 11.9 Å². The summed E-state index contributed by atoms with van der Waals surface area (Å²) in [6, 6.07) is 9.77. The van der Waals surface area contributed by atoms with E-state index < -0.39 is 11.9 Å². The number of hydrogen-bond donors (Lipinski definition) is 2. The molecule has 0 aliphatic rings. The molecule has 2 N–H and O–H groups in total. The van der Waals surface area contributed by atoms with Crippen LogP contribution in [0.25, 0.3) is 0 Å². The number of ether oxygens (including phenoxy) is 2. The van der Waals surface area contributed by atoms with Crippen LogP contribution in [0.5, 0.6) is 0 Å². The lowest BCUT2D eigenvalue weighted by molar-refractivity contribution is 0.0599. The van der Waals surface area contributed by atoms with Crippen molar-refractivity contribution in [3.05, 3.63) is 53.7 Å². The Balaban J connectivity index is 2.23. The molecule has 0 spiro atoms. The van der Waals surface area contributed by atoms with Crippen molar-refractivity contribution >= 4 is 40.8 Å². The van der Waals surface area contributed by atoms with E-state index in [0.29, 0.717) is 11.5 Å². The van der Waals surface area contributed by atoms with Crippen molar-refractivity contribution in [1.82, 2.24) is 4.98 Å². The van der Waals surface area contributed by atoms with Crippen molar-refractivity contribution in [2.45, 2.75) is 0 Å². The first-order valence-corrected chi connectivity index (χ1v) is 7.25. The van der Waals surface area contributed by atoms with Crippen LogP contribution in [0.15, 0.2) is 42.6 Å². The molecule has 0 saturated heterocycles. The van der Waals surface area contributed by atoms with Crippen LogP contribution in [-0.2, 0) is 9.47 Å². The van der Waals surface area contributed by atoms with Crippen LogP contribution in [-0.4, -0.2) is 36.3 Å². The molecule has 2 aromatic rings. The van der Waals surface area contributed by atoms with E-state index in [9.17, 15) is 9.59 Å². The summed E-state index contributed by atoms with van der Waals surface area (Å²) >= 11 is 5.20. The summed E-state index contributed by atoms with van der Waals surface area (Å²) in [5, 5.41) is 6.04. The molecule has 1 aromatic heterocycles. The maximum atomic E-state index is 11.7. The van der Waals surface area contributed by atoms with E-state index in [2.05, 4.69) is 25.1 Å². The van der Waals surface area contributed by atoms with E-state index in [-0.39, 0.29) is 16.2 Å². The van der Waals surface area contributed by atoms with Crippen LogP contribution >= 0.6 is 12.2 Å². The van der Waals surface area contributed by atoms with Crippen LogP contribution in [0.2, 0.25) is 0 Å². The molecule has 0 bridgehead atoms. The van der Waals surface area contributed by atoms with Crippen molar-refractivity contribution in [3.63, 3.8) is 0 Å². The second-order valence-corrected chi connectivity index (χ2v) is 4.98. The zero-order chi connectivity index (χ0) is 17.5. The number of anilines is 2. The SMILES string of the molecule is COC(=O)c1cc(NC(=S)Nc2ccccn2)cc(C(=O)OC)c1. The fourth-order valence-electron chi connectivity index (χ4n) is 1.89. The molecule has 0 aliphatic heterocycles. The summed E-state index contributed by atoms with van der Waals surface area (Å²) in [4.78, 5) is 27.6. The molecule has 0 aliphatic carbocycles. The van der Waals surface area contributed by atoms with Gasteiger partial charge in [-0.15, -0.1) is 0 Å². The average molecular weight is 345 g/mol. The van der Waals surface area contributed by atoms with Crippen LogP contribution in [0.4, 0.5) is 11.5 Å². The first-order chi connectivity index (χ1) is 11.5. The average Bonchev–Trinajstić information content (AvgIpc) is 2.60. The molecule has 0 amide bonds. The summed E-state index contributed by atoms with van der Waals surface area (Å²) in [5.41, 5.74) is 0.832. The first-order valence-electron chi connectivity index (χ1n) is 6.84. The normalized spacial score (nSPS) is 9.75. The highest BCUT2D eigenvalue weighted by molar-refractivity contribution is 7.80. The van der Waals surface area contributed by atoms with Crippen LogP contribution < -0.4 is 10.6 Å². The van der Waals surface area contributed by atoms with Gasteiger partial charge < -0.3 is 20.1 Å². The number of pyridine rings is 1. The second-order valence-electron chi connectivity index (χ2n) is 4.58. The Bertz CT molecular complexity index is 731. The quantitative estimate of drug-likeness (QED) is 0.645. The number of carbonyl (C=O) groups excluding carboxylic acids is 2. The van der Waals surface area contributed by atoms with E-state index >= 15 is 0 Å². The van der Waals surface area contributed by atoms with Gasteiger partial charge in [0.05, 0.1) is 25.3 Å². The van der Waals surface area contributed by atoms with E-state index in [1.165, 1.54) is 32.4 Å². The molecule has 0 fully saturated rings. The van der Waals surface area contributed by atoms with Crippen molar-refractivity contribution < 1.29 is 19.1 Å². The lowest BCUT2D eigenvalue weighted by Gasteiger charge is -2.12. The maximum absolute atomic E-state index is 11.7. The standard InChI is InChI=1S/C16H15N3O4S/c1-22-14(20)10-7-11(15(21)23-2)9-12(8-10)18-16(24)19-13-5-3-4-6-17-13/h3-9H,1-2H3,(H2,17,18,19,24). The number of benzene rings is 1. The molecule has 0 atom stereocenters. The third-order valence-corrected chi connectivity index (χ3v) is 3.14. The summed E-state index contributed by atoms with van der Waals surface area (Å²) in [5.74, 6) is -0.591. The van der Waals surface area contributed by atoms with Gasteiger partial charge in [-0.05, 0) is 42.5 Å². The molecule has 2 rings (SSSR count). The highest BCUT2D eigenvalue weighted by Crippen LogP contribution is 2.17. The van der Waals surface area contributed by atoms with Gasteiger partial charge in [0.2, 0.25) is 0 Å². The van der Waals surface area contributed by atoms with Gasteiger partial charge in [0.1, 0.15) is 5.82 Å². The molecule has 1 heterocycles. The fraction of sp³-hybridized carbons (Fsp3) is 0.125. The van der Waals surface area contributed by atoms with Gasteiger partial charge in [-0.3, -0.25) is 0 Å². The Morgan fingerprint density at radius 2 is 1.62 bits per heavy atom. The van der Waals surface area contributed by atoms with Crippen molar-refractivity contribution in [3.8, 4) is 0 Å².